The van der Waals surface area contributed by atoms with Crippen molar-refractivity contribution in [3.05, 3.63) is 22.4 Å². The van der Waals surface area contributed by atoms with E-state index in [1.165, 1.54) is 37.2 Å². The van der Waals surface area contributed by atoms with Gasteiger partial charge in [-0.3, -0.25) is 0 Å². The average molecular weight is 238 g/mol. The van der Waals surface area contributed by atoms with Gasteiger partial charge in [0.05, 0.1) is 0 Å². The average Bonchev–Trinajstić information content (AvgIpc) is 2.74. The Balaban J connectivity index is 1.73. The van der Waals surface area contributed by atoms with E-state index in [-0.39, 0.29) is 0 Å². The molecule has 2 atom stereocenters. The molecule has 1 aliphatic rings. The van der Waals surface area contributed by atoms with Crippen molar-refractivity contribution in [2.75, 3.05) is 27.2 Å². The third-order valence-corrected chi connectivity index (χ3v) is 4.64. The van der Waals surface area contributed by atoms with Crippen molar-refractivity contribution in [1.29, 1.82) is 0 Å². The molecular weight excluding hydrogens is 216 g/mol. The molecule has 1 N–H and O–H groups in total. The highest BCUT2D eigenvalue weighted by molar-refractivity contribution is 7.09. The van der Waals surface area contributed by atoms with Crippen LogP contribution in [0.4, 0.5) is 0 Å². The number of nitrogens with zero attached hydrogens (tertiary/aromatic N) is 1. The first-order chi connectivity index (χ1) is 7.81. The highest BCUT2D eigenvalue weighted by Crippen LogP contribution is 2.30. The van der Waals surface area contributed by atoms with Crippen LogP contribution in [0.15, 0.2) is 17.5 Å². The lowest BCUT2D eigenvalue weighted by Crippen LogP contribution is -2.49. The zero-order valence-electron chi connectivity index (χ0n) is 10.3. The number of nitrogens with one attached hydrogen (secondary N) is 1. The summed E-state index contributed by atoms with van der Waals surface area (Å²) in [7, 11) is 4.33. The molecule has 90 valence electrons. The van der Waals surface area contributed by atoms with Gasteiger partial charge in [0, 0.05) is 17.5 Å². The summed E-state index contributed by atoms with van der Waals surface area (Å²) < 4.78 is 0. The largest absolute Gasteiger partial charge is 0.319 e. The van der Waals surface area contributed by atoms with Crippen molar-refractivity contribution >= 4 is 11.3 Å². The van der Waals surface area contributed by atoms with Gasteiger partial charge in [-0.05, 0) is 57.3 Å². The topological polar surface area (TPSA) is 15.3 Å². The van der Waals surface area contributed by atoms with E-state index in [4.69, 9.17) is 0 Å². The van der Waals surface area contributed by atoms with E-state index in [0.29, 0.717) is 0 Å². The summed E-state index contributed by atoms with van der Waals surface area (Å²) in [5.41, 5.74) is 0. The number of rotatable bonds is 6. The van der Waals surface area contributed by atoms with Gasteiger partial charge in [-0.1, -0.05) is 6.07 Å². The summed E-state index contributed by atoms with van der Waals surface area (Å²) in [4.78, 5) is 4.06. The highest BCUT2D eigenvalue weighted by Gasteiger charge is 2.32. The Kier molecular flexibility index (Phi) is 4.38. The fourth-order valence-electron chi connectivity index (χ4n) is 2.54. The Labute approximate surface area is 103 Å². The summed E-state index contributed by atoms with van der Waals surface area (Å²) in [5.74, 6) is 0.873. The van der Waals surface area contributed by atoms with E-state index >= 15 is 0 Å². The second-order valence-electron chi connectivity index (χ2n) is 4.77. The van der Waals surface area contributed by atoms with Crippen LogP contribution in [-0.4, -0.2) is 38.1 Å². The first-order valence-electron chi connectivity index (χ1n) is 6.18. The summed E-state index contributed by atoms with van der Waals surface area (Å²) in [6.07, 6.45) is 3.99. The minimum atomic E-state index is 0.812. The van der Waals surface area contributed by atoms with Crippen LogP contribution in [0.1, 0.15) is 17.7 Å². The summed E-state index contributed by atoms with van der Waals surface area (Å²) in [6, 6.07) is 5.20. The van der Waals surface area contributed by atoms with Gasteiger partial charge in [0.1, 0.15) is 0 Å². The van der Waals surface area contributed by atoms with Crippen LogP contribution in [0.3, 0.4) is 0 Å². The maximum atomic E-state index is 3.30. The molecule has 2 rings (SSSR count). The van der Waals surface area contributed by atoms with Gasteiger partial charge in [-0.2, -0.15) is 0 Å². The molecule has 0 aliphatic heterocycles. The lowest BCUT2D eigenvalue weighted by atomic mass is 9.78. The molecule has 1 aliphatic carbocycles. The van der Waals surface area contributed by atoms with Gasteiger partial charge in [0.15, 0.2) is 0 Å². The predicted octanol–water partition coefficient (Wildman–Crippen LogP) is 2.22. The molecular formula is C13H22N2S. The molecule has 16 heavy (non-hydrogen) atoms. The SMILES string of the molecule is CNCC1CCC1N(C)CCc1cccs1. The van der Waals surface area contributed by atoms with Gasteiger partial charge < -0.3 is 10.2 Å². The monoisotopic (exact) mass is 238 g/mol. The molecule has 1 aromatic rings. The lowest BCUT2D eigenvalue weighted by Gasteiger charge is -2.42. The van der Waals surface area contributed by atoms with Crippen molar-refractivity contribution in [2.24, 2.45) is 5.92 Å². The molecule has 0 aromatic carbocycles. The minimum absolute atomic E-state index is 0.812. The van der Waals surface area contributed by atoms with Gasteiger partial charge in [0.25, 0.3) is 0 Å². The molecule has 0 spiro atoms. The van der Waals surface area contributed by atoms with Crippen LogP contribution in [0.25, 0.3) is 0 Å². The Morgan fingerprint density at radius 3 is 2.94 bits per heavy atom. The van der Waals surface area contributed by atoms with Crippen molar-refractivity contribution in [3.63, 3.8) is 0 Å². The van der Waals surface area contributed by atoms with Crippen LogP contribution in [-0.2, 0) is 6.42 Å². The predicted molar refractivity (Wildman–Crippen MR) is 71.1 cm³/mol. The third kappa shape index (κ3) is 2.84. The van der Waals surface area contributed by atoms with Crippen LogP contribution in [0.2, 0.25) is 0 Å². The number of likely N-dealkylation sites (N-methyl/N-ethyl adjacent to an activating group) is 1. The number of thiophene rings is 1. The molecule has 0 radical (unpaired) electrons. The van der Waals surface area contributed by atoms with E-state index in [9.17, 15) is 0 Å². The van der Waals surface area contributed by atoms with E-state index in [1.807, 2.05) is 11.3 Å². The molecule has 1 fully saturated rings. The van der Waals surface area contributed by atoms with E-state index in [2.05, 4.69) is 41.8 Å². The van der Waals surface area contributed by atoms with Crippen LogP contribution in [0, 0.1) is 5.92 Å². The zero-order chi connectivity index (χ0) is 11.4. The second-order valence-corrected chi connectivity index (χ2v) is 5.80. The quantitative estimate of drug-likeness (QED) is 0.817. The molecule has 2 nitrogen and oxygen atoms in total. The van der Waals surface area contributed by atoms with E-state index in [1.54, 1.807) is 0 Å². The molecule has 1 heterocycles. The zero-order valence-corrected chi connectivity index (χ0v) is 11.1. The fraction of sp³-hybridized carbons (Fsp3) is 0.692. The Morgan fingerprint density at radius 1 is 1.50 bits per heavy atom. The van der Waals surface area contributed by atoms with Crippen molar-refractivity contribution in [3.8, 4) is 0 Å². The van der Waals surface area contributed by atoms with Gasteiger partial charge in [-0.25, -0.2) is 0 Å². The summed E-state index contributed by atoms with van der Waals surface area (Å²) in [5, 5.41) is 5.47. The van der Waals surface area contributed by atoms with E-state index < -0.39 is 0 Å². The van der Waals surface area contributed by atoms with Crippen LogP contribution >= 0.6 is 11.3 Å². The molecule has 2 unspecified atom stereocenters. The fourth-order valence-corrected chi connectivity index (χ4v) is 3.24. The first-order valence-corrected chi connectivity index (χ1v) is 7.06. The molecule has 0 saturated heterocycles. The van der Waals surface area contributed by atoms with Gasteiger partial charge in [-0.15, -0.1) is 11.3 Å². The van der Waals surface area contributed by atoms with Crippen molar-refractivity contribution in [1.82, 2.24) is 10.2 Å². The van der Waals surface area contributed by atoms with Crippen LogP contribution < -0.4 is 5.32 Å². The smallest absolute Gasteiger partial charge is 0.0133 e. The second kappa shape index (κ2) is 5.80. The molecule has 1 saturated carbocycles. The Bertz CT molecular complexity index is 297. The number of hydrogen-bond donors (Lipinski definition) is 1. The lowest BCUT2D eigenvalue weighted by molar-refractivity contribution is 0.0863. The third-order valence-electron chi connectivity index (χ3n) is 3.70. The van der Waals surface area contributed by atoms with Gasteiger partial charge in [0.2, 0.25) is 0 Å². The Morgan fingerprint density at radius 2 is 2.38 bits per heavy atom. The van der Waals surface area contributed by atoms with Crippen molar-refractivity contribution in [2.45, 2.75) is 25.3 Å². The first kappa shape index (κ1) is 12.1. The maximum Gasteiger partial charge on any atom is 0.0133 e. The maximum absolute atomic E-state index is 3.30. The normalized spacial score (nSPS) is 24.7. The molecule has 1 aromatic heterocycles. The molecule has 0 amide bonds. The van der Waals surface area contributed by atoms with Crippen molar-refractivity contribution < 1.29 is 0 Å². The minimum Gasteiger partial charge on any atom is -0.319 e. The molecule has 0 bridgehead atoms. The molecule has 3 heteroatoms. The van der Waals surface area contributed by atoms with Gasteiger partial charge >= 0.3 is 0 Å². The summed E-state index contributed by atoms with van der Waals surface area (Å²) in [6.45, 7) is 2.37. The number of hydrogen-bond acceptors (Lipinski definition) is 3. The van der Waals surface area contributed by atoms with E-state index in [0.717, 1.165) is 12.0 Å². The van der Waals surface area contributed by atoms with Crippen LogP contribution in [0.5, 0.6) is 0 Å². The highest BCUT2D eigenvalue weighted by atomic mass is 32.1. The Hall–Kier alpha value is -0.380. The standard InChI is InChI=1S/C13H22N2S/c1-14-10-11-5-6-13(11)15(2)8-7-12-4-3-9-16-12/h3-4,9,11,13-14H,5-8,10H2,1-2H3. The summed E-state index contributed by atoms with van der Waals surface area (Å²) >= 11 is 1.87.